The quantitative estimate of drug-likeness (QED) is 0.337. The van der Waals surface area contributed by atoms with Gasteiger partial charge in [0.2, 0.25) is 0 Å². The molecule has 0 aromatic rings. The molecule has 0 saturated heterocycles. The van der Waals surface area contributed by atoms with Gasteiger partial charge in [-0.15, -0.1) is 0 Å². The van der Waals surface area contributed by atoms with Crippen molar-refractivity contribution in [2.24, 2.45) is 5.84 Å². The summed E-state index contributed by atoms with van der Waals surface area (Å²) < 4.78 is 4.65. The molecule has 0 rings (SSSR count). The van der Waals surface area contributed by atoms with Crippen LogP contribution < -0.4 is 5.84 Å². The highest BCUT2D eigenvalue weighted by molar-refractivity contribution is 5.71. The van der Waals surface area contributed by atoms with Crippen LogP contribution in [0.15, 0.2) is 0 Å². The zero-order valence-electron chi connectivity index (χ0n) is 6.46. The van der Waals surface area contributed by atoms with Crippen LogP contribution in [0.3, 0.4) is 0 Å². The number of esters is 1. The van der Waals surface area contributed by atoms with Crippen LogP contribution in [0, 0.1) is 0 Å². The summed E-state index contributed by atoms with van der Waals surface area (Å²) in [5.41, 5.74) is 0. The van der Waals surface area contributed by atoms with E-state index in [1.165, 1.54) is 5.01 Å². The number of carbonyl (C=O) groups is 1. The van der Waals surface area contributed by atoms with E-state index < -0.39 is 0 Å². The van der Waals surface area contributed by atoms with Crippen molar-refractivity contribution in [2.45, 2.75) is 13.8 Å². The Labute approximate surface area is 60.9 Å². The first-order valence-electron chi connectivity index (χ1n) is 3.36. The molecule has 2 N–H and O–H groups in total. The number of carbonyl (C=O) groups excluding carboxylic acids is 1. The molecule has 0 aliphatic carbocycles. The maximum Gasteiger partial charge on any atom is 0.321 e. The van der Waals surface area contributed by atoms with E-state index >= 15 is 0 Å². The molecule has 0 saturated carbocycles. The highest BCUT2D eigenvalue weighted by Gasteiger charge is 2.03. The first kappa shape index (κ1) is 9.39. The number of hydrogen-bond donors (Lipinski definition) is 1. The molecule has 0 unspecified atom stereocenters. The van der Waals surface area contributed by atoms with E-state index in [4.69, 9.17) is 5.84 Å². The Hall–Kier alpha value is -0.610. The molecule has 0 aliphatic heterocycles. The van der Waals surface area contributed by atoms with Gasteiger partial charge in [0.05, 0.1) is 6.61 Å². The second-order valence-electron chi connectivity index (χ2n) is 1.87. The van der Waals surface area contributed by atoms with Crippen molar-refractivity contribution >= 4 is 5.97 Å². The maximum absolute atomic E-state index is 10.7. The predicted molar refractivity (Wildman–Crippen MR) is 38.1 cm³/mol. The molecule has 0 aliphatic rings. The highest BCUT2D eigenvalue weighted by Crippen LogP contribution is 1.80. The standard InChI is InChI=1S/C6H14N2O2/c1-3-8(7)5-6(9)10-4-2/h3-5,7H2,1-2H3. The van der Waals surface area contributed by atoms with E-state index in [2.05, 4.69) is 4.74 Å². The van der Waals surface area contributed by atoms with Crippen LogP contribution >= 0.6 is 0 Å². The smallest absolute Gasteiger partial charge is 0.321 e. The van der Waals surface area contributed by atoms with Gasteiger partial charge in [-0.25, -0.2) is 5.01 Å². The lowest BCUT2D eigenvalue weighted by atomic mass is 10.6. The van der Waals surface area contributed by atoms with Gasteiger partial charge in [-0.2, -0.15) is 0 Å². The van der Waals surface area contributed by atoms with E-state index in [1.54, 1.807) is 6.92 Å². The lowest BCUT2D eigenvalue weighted by molar-refractivity contribution is -0.144. The van der Waals surface area contributed by atoms with E-state index in [-0.39, 0.29) is 12.5 Å². The molecule has 0 amide bonds. The Morgan fingerprint density at radius 2 is 2.20 bits per heavy atom. The number of hydrogen-bond acceptors (Lipinski definition) is 4. The third kappa shape index (κ3) is 4.29. The van der Waals surface area contributed by atoms with Gasteiger partial charge in [-0.05, 0) is 6.92 Å². The van der Waals surface area contributed by atoms with Crippen LogP contribution in [0.4, 0.5) is 0 Å². The molecule has 10 heavy (non-hydrogen) atoms. The third-order valence-corrected chi connectivity index (χ3v) is 1.04. The van der Waals surface area contributed by atoms with Gasteiger partial charge in [0.15, 0.2) is 0 Å². The van der Waals surface area contributed by atoms with Crippen molar-refractivity contribution in [1.82, 2.24) is 5.01 Å². The van der Waals surface area contributed by atoms with Gasteiger partial charge in [-0.3, -0.25) is 10.6 Å². The predicted octanol–water partition coefficient (Wildman–Crippen LogP) is -0.255. The number of likely N-dealkylation sites (N-methyl/N-ethyl adjacent to an activating group) is 1. The number of hydrazine groups is 1. The minimum atomic E-state index is -0.271. The van der Waals surface area contributed by atoms with Crippen LogP contribution in [0.2, 0.25) is 0 Å². The molecule has 0 bridgehead atoms. The number of nitrogens with two attached hydrogens (primary N) is 1. The van der Waals surface area contributed by atoms with Crippen LogP contribution in [-0.4, -0.2) is 30.7 Å². The first-order chi connectivity index (χ1) is 4.70. The lowest BCUT2D eigenvalue weighted by Gasteiger charge is -2.11. The van der Waals surface area contributed by atoms with Crippen LogP contribution in [-0.2, 0) is 9.53 Å². The fraction of sp³-hybridized carbons (Fsp3) is 0.833. The van der Waals surface area contributed by atoms with Crippen molar-refractivity contribution in [3.05, 3.63) is 0 Å². The second-order valence-corrected chi connectivity index (χ2v) is 1.87. The average Bonchev–Trinajstić information content (AvgIpc) is 1.88. The van der Waals surface area contributed by atoms with E-state index in [1.807, 2.05) is 6.92 Å². The summed E-state index contributed by atoms with van der Waals surface area (Å²) in [6.45, 7) is 4.88. The van der Waals surface area contributed by atoms with Crippen molar-refractivity contribution in [2.75, 3.05) is 19.7 Å². The molecule has 4 heteroatoms. The SMILES string of the molecule is CCOC(=O)CN(N)CC. The number of nitrogens with zero attached hydrogens (tertiary/aromatic N) is 1. The normalized spacial score (nSPS) is 10.0. The van der Waals surface area contributed by atoms with E-state index in [9.17, 15) is 4.79 Å². The van der Waals surface area contributed by atoms with E-state index in [0.717, 1.165) is 0 Å². The summed E-state index contributed by atoms with van der Waals surface area (Å²) in [5.74, 6) is 5.07. The minimum absolute atomic E-state index is 0.171. The molecular formula is C6H14N2O2. The average molecular weight is 146 g/mol. The number of rotatable bonds is 4. The fourth-order valence-electron chi connectivity index (χ4n) is 0.484. The van der Waals surface area contributed by atoms with Gasteiger partial charge in [-0.1, -0.05) is 6.92 Å². The minimum Gasteiger partial charge on any atom is -0.465 e. The molecule has 60 valence electrons. The molecule has 0 atom stereocenters. The van der Waals surface area contributed by atoms with Gasteiger partial charge in [0.25, 0.3) is 0 Å². The first-order valence-corrected chi connectivity index (χ1v) is 3.36. The Bertz CT molecular complexity index is 106. The zero-order chi connectivity index (χ0) is 7.98. The van der Waals surface area contributed by atoms with Crippen molar-refractivity contribution in [3.63, 3.8) is 0 Å². The second kappa shape index (κ2) is 5.20. The van der Waals surface area contributed by atoms with Gasteiger partial charge in [0, 0.05) is 6.54 Å². The van der Waals surface area contributed by atoms with Crippen LogP contribution in [0.5, 0.6) is 0 Å². The van der Waals surface area contributed by atoms with Crippen LogP contribution in [0.25, 0.3) is 0 Å². The summed E-state index contributed by atoms with van der Waals surface area (Å²) in [6.07, 6.45) is 0. The van der Waals surface area contributed by atoms with Gasteiger partial charge < -0.3 is 4.74 Å². The summed E-state index contributed by atoms with van der Waals surface area (Å²) in [6, 6.07) is 0. The topological polar surface area (TPSA) is 55.6 Å². The van der Waals surface area contributed by atoms with Gasteiger partial charge in [0.1, 0.15) is 6.54 Å². The van der Waals surface area contributed by atoms with E-state index in [0.29, 0.717) is 13.2 Å². The largest absolute Gasteiger partial charge is 0.465 e. The Kier molecular flexibility index (Phi) is 4.88. The molecule has 0 aromatic heterocycles. The highest BCUT2D eigenvalue weighted by atomic mass is 16.5. The molecular weight excluding hydrogens is 132 g/mol. The molecule has 0 heterocycles. The Morgan fingerprint density at radius 1 is 1.60 bits per heavy atom. The monoisotopic (exact) mass is 146 g/mol. The van der Waals surface area contributed by atoms with Crippen LogP contribution in [0.1, 0.15) is 13.8 Å². The summed E-state index contributed by atoms with van der Waals surface area (Å²) in [7, 11) is 0. The molecule has 0 spiro atoms. The molecule has 0 radical (unpaired) electrons. The van der Waals surface area contributed by atoms with Gasteiger partial charge >= 0.3 is 5.97 Å². The van der Waals surface area contributed by atoms with Crippen molar-refractivity contribution in [1.29, 1.82) is 0 Å². The molecule has 4 nitrogen and oxygen atoms in total. The summed E-state index contributed by atoms with van der Waals surface area (Å²) in [5, 5.41) is 1.40. The van der Waals surface area contributed by atoms with Crippen molar-refractivity contribution < 1.29 is 9.53 Å². The molecule has 0 fully saturated rings. The zero-order valence-corrected chi connectivity index (χ0v) is 6.46. The third-order valence-electron chi connectivity index (χ3n) is 1.04. The summed E-state index contributed by atoms with van der Waals surface area (Å²) >= 11 is 0. The molecule has 0 aromatic carbocycles. The number of ether oxygens (including phenoxy) is 1. The fourth-order valence-corrected chi connectivity index (χ4v) is 0.484. The Balaban J connectivity index is 3.37. The lowest BCUT2D eigenvalue weighted by Crippen LogP contribution is -2.36. The summed E-state index contributed by atoms with van der Waals surface area (Å²) in [4.78, 5) is 10.7. The Morgan fingerprint density at radius 3 is 2.60 bits per heavy atom. The van der Waals surface area contributed by atoms with Crippen molar-refractivity contribution in [3.8, 4) is 0 Å². The maximum atomic E-state index is 10.7.